The van der Waals surface area contributed by atoms with Gasteiger partial charge in [-0.05, 0) is 22.0 Å². The van der Waals surface area contributed by atoms with Gasteiger partial charge in [-0.3, -0.25) is 4.21 Å². The van der Waals surface area contributed by atoms with Gasteiger partial charge >= 0.3 is 59.1 Å². The average Bonchev–Trinajstić information content (AvgIpc) is 2.21. The van der Waals surface area contributed by atoms with Gasteiger partial charge in [0.1, 0.15) is 5.15 Å². The van der Waals surface area contributed by atoms with E-state index in [2.05, 4.69) is 20.9 Å². The first kappa shape index (κ1) is 25.9. The third kappa shape index (κ3) is 11.2. The Bertz CT molecular complexity index is 512. The molecule has 1 rings (SSSR count). The van der Waals surface area contributed by atoms with Crippen molar-refractivity contribution in [2.24, 2.45) is 0 Å². The number of hydrogen-bond acceptors (Lipinski definition) is 6. The average molecular weight is 411 g/mol. The van der Waals surface area contributed by atoms with Gasteiger partial charge in [-0.1, -0.05) is 18.5 Å². The van der Waals surface area contributed by atoms with Crippen LogP contribution in [0.4, 0.5) is 0 Å². The molecule has 0 unspecified atom stereocenters. The van der Waals surface area contributed by atoms with Gasteiger partial charge in [0.2, 0.25) is 0 Å². The largest absolute Gasteiger partial charge is 1.00 e. The van der Waals surface area contributed by atoms with Crippen LogP contribution in [0.1, 0.15) is 6.92 Å². The van der Waals surface area contributed by atoms with Crippen molar-refractivity contribution in [2.75, 3.05) is 5.75 Å². The first-order valence-electron chi connectivity index (χ1n) is 4.01. The van der Waals surface area contributed by atoms with Crippen LogP contribution in [0.5, 0.6) is 0 Å². The minimum Gasteiger partial charge on any atom is -0.784 e. The Balaban J connectivity index is -0.000000379. The van der Waals surface area contributed by atoms with Gasteiger partial charge in [0.15, 0.2) is 9.84 Å². The summed E-state index contributed by atoms with van der Waals surface area (Å²) in [5, 5.41) is 0.259. The van der Waals surface area contributed by atoms with Crippen molar-refractivity contribution in [3.8, 4) is 0 Å². The molecule has 0 saturated heterocycles. The zero-order valence-corrected chi connectivity index (χ0v) is 18.4. The third-order valence-corrected chi connectivity index (χ3v) is 4.35. The molecule has 0 aliphatic carbocycles. The summed E-state index contributed by atoms with van der Waals surface area (Å²) in [5.41, 5.74) is 0. The maximum atomic E-state index is 11.4. The SMILES string of the molecule is CCS(=O)(=O)c1cnc(Cl)c(Br)c1.O=S([O-])[O-].[Na+].[Na+]. The normalized spacial score (nSPS) is 9.79. The van der Waals surface area contributed by atoms with E-state index in [1.54, 1.807) is 6.92 Å². The van der Waals surface area contributed by atoms with E-state index >= 15 is 0 Å². The number of hydrogen-bond donors (Lipinski definition) is 0. The van der Waals surface area contributed by atoms with Crippen LogP contribution in [0, 0.1) is 0 Å². The number of nitrogens with zero attached hydrogens (tertiary/aromatic N) is 1. The molecule has 0 bridgehead atoms. The van der Waals surface area contributed by atoms with Crippen LogP contribution in [-0.4, -0.2) is 32.5 Å². The second kappa shape index (κ2) is 12.5. The molecule has 12 heteroatoms. The molecule has 6 nitrogen and oxygen atoms in total. The van der Waals surface area contributed by atoms with Gasteiger partial charge in [-0.25, -0.2) is 13.4 Å². The number of pyridine rings is 1. The molecule has 0 aromatic carbocycles. The van der Waals surface area contributed by atoms with Gasteiger partial charge < -0.3 is 9.11 Å². The van der Waals surface area contributed by atoms with Gasteiger partial charge in [-0.2, -0.15) is 0 Å². The summed E-state index contributed by atoms with van der Waals surface area (Å²) < 4.78 is 48.5. The molecule has 0 fully saturated rings. The molecule has 19 heavy (non-hydrogen) atoms. The zero-order chi connectivity index (χ0) is 13.6. The van der Waals surface area contributed by atoms with E-state index in [0.717, 1.165) is 0 Å². The molecule has 0 amide bonds. The Labute approximate surface area is 171 Å². The second-order valence-corrected chi connectivity index (χ2v) is 6.45. The van der Waals surface area contributed by atoms with E-state index in [-0.39, 0.29) is 74.9 Å². The first-order valence-corrected chi connectivity index (χ1v) is 7.83. The molecule has 0 saturated carbocycles. The Morgan fingerprint density at radius 2 is 1.84 bits per heavy atom. The third-order valence-electron chi connectivity index (χ3n) is 1.51. The smallest absolute Gasteiger partial charge is 0.784 e. The number of rotatable bonds is 2. The van der Waals surface area contributed by atoms with Crippen LogP contribution in [-0.2, 0) is 21.2 Å². The summed E-state index contributed by atoms with van der Waals surface area (Å²) in [4.78, 5) is 3.92. The van der Waals surface area contributed by atoms with Gasteiger partial charge in [0.05, 0.1) is 15.1 Å². The monoisotopic (exact) mass is 409 g/mol. The van der Waals surface area contributed by atoms with Crippen LogP contribution < -0.4 is 59.1 Å². The molecular weight excluding hydrogens is 404 g/mol. The summed E-state index contributed by atoms with van der Waals surface area (Å²) >= 11 is 5.62. The van der Waals surface area contributed by atoms with E-state index in [9.17, 15) is 8.42 Å². The van der Waals surface area contributed by atoms with Crippen molar-refractivity contribution >= 4 is 48.7 Å². The van der Waals surface area contributed by atoms with Crippen molar-refractivity contribution in [3.05, 3.63) is 21.9 Å². The number of halogens is 2. The van der Waals surface area contributed by atoms with E-state index in [0.29, 0.717) is 4.47 Å². The Morgan fingerprint density at radius 3 is 2.16 bits per heavy atom. The van der Waals surface area contributed by atoms with Crippen LogP contribution in [0.15, 0.2) is 21.6 Å². The maximum Gasteiger partial charge on any atom is 1.00 e. The maximum absolute atomic E-state index is 11.4. The fourth-order valence-corrected chi connectivity index (χ4v) is 2.19. The number of aromatic nitrogens is 1. The molecular formula is C7H7BrClNNa2O5S2. The van der Waals surface area contributed by atoms with Gasteiger partial charge in [-0.15, -0.1) is 11.4 Å². The minimum atomic E-state index is -3.19. The predicted octanol–water partition coefficient (Wildman–Crippen LogP) is -4.70. The summed E-state index contributed by atoms with van der Waals surface area (Å²) in [7, 11) is -3.19. The molecule has 1 aromatic heterocycles. The van der Waals surface area contributed by atoms with E-state index in [1.165, 1.54) is 12.3 Å². The Kier molecular flexibility index (Phi) is 17.0. The number of sulfone groups is 1. The first-order chi connectivity index (χ1) is 7.70. The molecule has 0 N–H and O–H groups in total. The molecule has 1 heterocycles. The standard InChI is InChI=1S/C7H7BrClNO2S.2Na.H2O3S/c1-2-13(11,12)5-3-6(8)7(9)10-4-5;;;1-4(2)3/h3-4H,2H2,1H3;;;(H2,1,2,3)/q;2*+1;/p-2. The summed E-state index contributed by atoms with van der Waals surface area (Å²) in [6.45, 7) is 1.58. The molecule has 0 aliphatic heterocycles. The van der Waals surface area contributed by atoms with E-state index < -0.39 is 21.2 Å². The van der Waals surface area contributed by atoms with Crippen molar-refractivity contribution in [1.29, 1.82) is 0 Å². The molecule has 98 valence electrons. The molecule has 0 spiro atoms. The molecule has 0 radical (unpaired) electrons. The fraction of sp³-hybridized carbons (Fsp3) is 0.286. The Morgan fingerprint density at radius 1 is 1.42 bits per heavy atom. The minimum absolute atomic E-state index is 0. The summed E-state index contributed by atoms with van der Waals surface area (Å²) in [5.74, 6) is 0.0583. The van der Waals surface area contributed by atoms with Gasteiger partial charge in [0.25, 0.3) is 0 Å². The van der Waals surface area contributed by atoms with Gasteiger partial charge in [0, 0.05) is 6.20 Å². The topological polar surface area (TPSA) is 110 Å². The van der Waals surface area contributed by atoms with Crippen LogP contribution >= 0.6 is 27.5 Å². The fourth-order valence-electron chi connectivity index (χ4n) is 0.740. The summed E-state index contributed by atoms with van der Waals surface area (Å²) in [6.07, 6.45) is 1.26. The van der Waals surface area contributed by atoms with Crippen LogP contribution in [0.3, 0.4) is 0 Å². The molecule has 0 atom stereocenters. The predicted molar refractivity (Wildman–Crippen MR) is 64.4 cm³/mol. The molecule has 1 aromatic rings. The van der Waals surface area contributed by atoms with Crippen molar-refractivity contribution in [3.63, 3.8) is 0 Å². The van der Waals surface area contributed by atoms with Crippen molar-refractivity contribution in [1.82, 2.24) is 4.98 Å². The second-order valence-electron chi connectivity index (χ2n) is 2.55. The van der Waals surface area contributed by atoms with Crippen LogP contribution in [0.25, 0.3) is 0 Å². The van der Waals surface area contributed by atoms with Crippen LogP contribution in [0.2, 0.25) is 5.15 Å². The van der Waals surface area contributed by atoms with E-state index in [4.69, 9.17) is 24.9 Å². The summed E-state index contributed by atoms with van der Waals surface area (Å²) in [6, 6.07) is 1.45. The van der Waals surface area contributed by atoms with Crippen molar-refractivity contribution in [2.45, 2.75) is 11.8 Å². The zero-order valence-electron chi connectivity index (χ0n) is 10.4. The Hall–Kier alpha value is 1.94. The van der Waals surface area contributed by atoms with Crippen molar-refractivity contribution < 1.29 is 80.8 Å². The quantitative estimate of drug-likeness (QED) is 0.275. The van der Waals surface area contributed by atoms with E-state index in [1.807, 2.05) is 0 Å². The molecule has 0 aliphatic rings.